The molecular formula is C14H17BrClN3. The topological polar surface area (TPSA) is 29.9 Å². The molecule has 0 aliphatic carbocycles. The Labute approximate surface area is 127 Å². The highest BCUT2D eigenvalue weighted by Crippen LogP contribution is 2.24. The van der Waals surface area contributed by atoms with Crippen LogP contribution in [0.1, 0.15) is 23.9 Å². The molecular weight excluding hydrogens is 326 g/mol. The molecule has 1 aromatic heterocycles. The fourth-order valence-electron chi connectivity index (χ4n) is 2.00. The monoisotopic (exact) mass is 341 g/mol. The van der Waals surface area contributed by atoms with Crippen LogP contribution in [0.3, 0.4) is 0 Å². The zero-order valence-corrected chi connectivity index (χ0v) is 13.4. The predicted molar refractivity (Wildman–Crippen MR) is 83.6 cm³/mol. The average Bonchev–Trinajstić information content (AvgIpc) is 2.71. The Morgan fingerprint density at radius 2 is 2.11 bits per heavy atom. The number of rotatable bonds is 5. The zero-order valence-electron chi connectivity index (χ0n) is 11.1. The van der Waals surface area contributed by atoms with Crippen LogP contribution >= 0.6 is 27.5 Å². The minimum atomic E-state index is 0.510. The highest BCUT2D eigenvalue weighted by molar-refractivity contribution is 9.10. The second kappa shape index (κ2) is 6.44. The van der Waals surface area contributed by atoms with Crippen LogP contribution in [-0.4, -0.2) is 9.78 Å². The van der Waals surface area contributed by atoms with E-state index < -0.39 is 0 Å². The van der Waals surface area contributed by atoms with E-state index in [2.05, 4.69) is 33.3 Å². The third-order valence-corrected chi connectivity index (χ3v) is 4.31. The van der Waals surface area contributed by atoms with E-state index >= 15 is 0 Å². The molecule has 1 aromatic carbocycles. The molecule has 0 aliphatic heterocycles. The number of aromatic nitrogens is 2. The predicted octanol–water partition coefficient (Wildman–Crippen LogP) is 4.10. The first-order valence-corrected chi connectivity index (χ1v) is 7.58. The molecule has 0 radical (unpaired) electrons. The molecule has 0 unspecified atom stereocenters. The standard InChI is InChI=1S/C14H17BrClN3/c1-3-11-14(15)13(19(2)18-11)9-17-12-7-5-4-6-10(12)8-16/h4-7,17H,3,8-9H2,1-2H3. The lowest BCUT2D eigenvalue weighted by Crippen LogP contribution is -2.07. The van der Waals surface area contributed by atoms with Gasteiger partial charge < -0.3 is 5.32 Å². The first kappa shape index (κ1) is 14.4. The average molecular weight is 343 g/mol. The highest BCUT2D eigenvalue weighted by atomic mass is 79.9. The van der Waals surface area contributed by atoms with E-state index in [9.17, 15) is 0 Å². The summed E-state index contributed by atoms with van der Waals surface area (Å²) in [6, 6.07) is 8.08. The van der Waals surface area contributed by atoms with E-state index in [0.717, 1.165) is 40.1 Å². The van der Waals surface area contributed by atoms with Crippen LogP contribution in [0.2, 0.25) is 0 Å². The molecule has 5 heteroatoms. The number of nitrogens with zero attached hydrogens (tertiary/aromatic N) is 2. The summed E-state index contributed by atoms with van der Waals surface area (Å²) in [5.41, 5.74) is 4.41. The first-order chi connectivity index (χ1) is 9.17. The Morgan fingerprint density at radius 1 is 1.37 bits per heavy atom. The quantitative estimate of drug-likeness (QED) is 0.829. The number of hydrogen-bond acceptors (Lipinski definition) is 2. The number of alkyl halides is 1. The smallest absolute Gasteiger partial charge is 0.0767 e. The van der Waals surface area contributed by atoms with Gasteiger partial charge in [0.25, 0.3) is 0 Å². The van der Waals surface area contributed by atoms with Crippen molar-refractivity contribution in [2.45, 2.75) is 25.8 Å². The third-order valence-electron chi connectivity index (χ3n) is 3.11. The lowest BCUT2D eigenvalue weighted by atomic mass is 10.2. The van der Waals surface area contributed by atoms with Crippen molar-refractivity contribution in [2.75, 3.05) is 5.32 Å². The summed E-state index contributed by atoms with van der Waals surface area (Å²) in [6.07, 6.45) is 0.923. The summed E-state index contributed by atoms with van der Waals surface area (Å²) in [7, 11) is 1.97. The van der Waals surface area contributed by atoms with E-state index in [4.69, 9.17) is 11.6 Å². The van der Waals surface area contributed by atoms with E-state index in [-0.39, 0.29) is 0 Å². The van der Waals surface area contributed by atoms with Crippen LogP contribution in [-0.2, 0) is 25.9 Å². The van der Waals surface area contributed by atoms with Crippen molar-refractivity contribution in [3.05, 3.63) is 45.7 Å². The normalized spacial score (nSPS) is 10.7. The van der Waals surface area contributed by atoms with Crippen molar-refractivity contribution < 1.29 is 0 Å². The molecule has 0 atom stereocenters. The van der Waals surface area contributed by atoms with Crippen LogP contribution in [0.15, 0.2) is 28.7 Å². The fourth-order valence-corrected chi connectivity index (χ4v) is 2.99. The Hall–Kier alpha value is -1.000. The number of para-hydroxylation sites is 1. The van der Waals surface area contributed by atoms with Crippen molar-refractivity contribution in [3.63, 3.8) is 0 Å². The summed E-state index contributed by atoms with van der Waals surface area (Å²) < 4.78 is 3.01. The number of halogens is 2. The van der Waals surface area contributed by atoms with Gasteiger partial charge in [-0.15, -0.1) is 11.6 Å². The van der Waals surface area contributed by atoms with Crippen LogP contribution in [0.25, 0.3) is 0 Å². The van der Waals surface area contributed by atoms with E-state index in [1.54, 1.807) is 0 Å². The fraction of sp³-hybridized carbons (Fsp3) is 0.357. The summed E-state index contributed by atoms with van der Waals surface area (Å²) in [4.78, 5) is 0. The molecule has 0 fully saturated rings. The van der Waals surface area contributed by atoms with Crippen LogP contribution in [0, 0.1) is 0 Å². The Balaban J connectivity index is 2.17. The lowest BCUT2D eigenvalue weighted by Gasteiger charge is -2.10. The van der Waals surface area contributed by atoms with Crippen molar-refractivity contribution in [1.82, 2.24) is 9.78 Å². The zero-order chi connectivity index (χ0) is 13.8. The number of benzene rings is 1. The van der Waals surface area contributed by atoms with E-state index in [1.807, 2.05) is 36.0 Å². The van der Waals surface area contributed by atoms with Gasteiger partial charge in [0, 0.05) is 18.6 Å². The van der Waals surface area contributed by atoms with Gasteiger partial charge in [-0.25, -0.2) is 0 Å². The molecule has 2 rings (SSSR count). The van der Waals surface area contributed by atoms with Gasteiger partial charge in [-0.3, -0.25) is 4.68 Å². The van der Waals surface area contributed by atoms with Gasteiger partial charge in [0.2, 0.25) is 0 Å². The van der Waals surface area contributed by atoms with Crippen molar-refractivity contribution >= 4 is 33.2 Å². The molecule has 2 aromatic rings. The molecule has 0 amide bonds. The third kappa shape index (κ3) is 3.12. The summed E-state index contributed by atoms with van der Waals surface area (Å²) >= 11 is 9.56. The minimum Gasteiger partial charge on any atom is -0.379 e. The first-order valence-electron chi connectivity index (χ1n) is 6.25. The van der Waals surface area contributed by atoms with E-state index in [0.29, 0.717) is 5.88 Å². The number of hydrogen-bond donors (Lipinski definition) is 1. The summed E-state index contributed by atoms with van der Waals surface area (Å²) in [5.74, 6) is 0.510. The number of nitrogens with one attached hydrogen (secondary N) is 1. The SMILES string of the molecule is CCc1nn(C)c(CNc2ccccc2CCl)c1Br. The molecule has 102 valence electrons. The molecule has 1 N–H and O–H groups in total. The van der Waals surface area contributed by atoms with Crippen molar-refractivity contribution in [1.29, 1.82) is 0 Å². The van der Waals surface area contributed by atoms with Gasteiger partial charge in [0.1, 0.15) is 0 Å². The molecule has 0 spiro atoms. The maximum Gasteiger partial charge on any atom is 0.0767 e. The Bertz CT molecular complexity index is 566. The maximum absolute atomic E-state index is 5.94. The number of aryl methyl sites for hydroxylation is 2. The van der Waals surface area contributed by atoms with Gasteiger partial charge in [0.05, 0.1) is 22.4 Å². The van der Waals surface area contributed by atoms with E-state index in [1.165, 1.54) is 0 Å². The van der Waals surface area contributed by atoms with Gasteiger partial charge in [0.15, 0.2) is 0 Å². The van der Waals surface area contributed by atoms with Crippen molar-refractivity contribution in [3.8, 4) is 0 Å². The molecule has 0 aliphatic rings. The van der Waals surface area contributed by atoms with Gasteiger partial charge in [-0.1, -0.05) is 25.1 Å². The van der Waals surface area contributed by atoms with Gasteiger partial charge in [-0.2, -0.15) is 5.10 Å². The highest BCUT2D eigenvalue weighted by Gasteiger charge is 2.12. The second-order valence-electron chi connectivity index (χ2n) is 4.33. The van der Waals surface area contributed by atoms with Gasteiger partial charge in [-0.05, 0) is 34.0 Å². The molecule has 0 saturated carbocycles. The van der Waals surface area contributed by atoms with Crippen LogP contribution < -0.4 is 5.32 Å². The van der Waals surface area contributed by atoms with Crippen LogP contribution in [0.4, 0.5) is 5.69 Å². The van der Waals surface area contributed by atoms with Crippen molar-refractivity contribution in [2.24, 2.45) is 7.05 Å². The second-order valence-corrected chi connectivity index (χ2v) is 5.39. The molecule has 1 heterocycles. The summed E-state index contributed by atoms with van der Waals surface area (Å²) in [6.45, 7) is 2.82. The lowest BCUT2D eigenvalue weighted by molar-refractivity contribution is 0.706. The Morgan fingerprint density at radius 3 is 2.74 bits per heavy atom. The number of anilines is 1. The molecule has 0 bridgehead atoms. The maximum atomic E-state index is 5.94. The minimum absolute atomic E-state index is 0.510. The van der Waals surface area contributed by atoms with Gasteiger partial charge >= 0.3 is 0 Å². The Kier molecular flexibility index (Phi) is 4.88. The molecule has 3 nitrogen and oxygen atoms in total. The summed E-state index contributed by atoms with van der Waals surface area (Å²) in [5, 5.41) is 7.91. The largest absolute Gasteiger partial charge is 0.379 e. The van der Waals surface area contributed by atoms with Crippen LogP contribution in [0.5, 0.6) is 0 Å². The molecule has 0 saturated heterocycles. The molecule has 19 heavy (non-hydrogen) atoms.